The first-order valence-electron chi connectivity index (χ1n) is 24.6. The zero-order valence-corrected chi connectivity index (χ0v) is 38.5. The molecule has 0 fully saturated rings. The second kappa shape index (κ2) is 14.6. The fourth-order valence-corrected chi connectivity index (χ4v) is 12.3. The molecular weight excluding hydrogens is 857 g/mol. The van der Waals surface area contributed by atoms with Crippen LogP contribution in [0.15, 0.2) is 247 Å². The smallest absolute Gasteiger partial charge is 0.135 e. The van der Waals surface area contributed by atoms with Crippen molar-refractivity contribution in [2.75, 3.05) is 0 Å². The normalized spacial score (nSPS) is 12.2. The molecule has 71 heavy (non-hydrogen) atoms. The number of hydrogen-bond acceptors (Lipinski definition) is 1. The molecular formula is C70H40O. The predicted octanol–water partition coefficient (Wildman–Crippen LogP) is 20.0. The lowest BCUT2D eigenvalue weighted by molar-refractivity contribution is 0.669. The molecule has 1 nitrogen and oxygen atoms in total. The minimum absolute atomic E-state index is 0.905. The average Bonchev–Trinajstić information content (AvgIpc) is 3.81. The molecule has 15 aromatic carbocycles. The van der Waals surface area contributed by atoms with Gasteiger partial charge < -0.3 is 4.42 Å². The van der Waals surface area contributed by atoms with Crippen LogP contribution in [0.4, 0.5) is 0 Å². The highest BCUT2D eigenvalue weighted by atomic mass is 16.3. The number of furan rings is 1. The summed E-state index contributed by atoms with van der Waals surface area (Å²) in [5, 5.41) is 22.6. The van der Waals surface area contributed by atoms with Crippen LogP contribution in [0.25, 0.3) is 164 Å². The molecule has 0 saturated carbocycles. The van der Waals surface area contributed by atoms with E-state index in [1.165, 1.54) is 136 Å². The molecule has 0 atom stereocenters. The summed E-state index contributed by atoms with van der Waals surface area (Å²) in [7, 11) is 0. The summed E-state index contributed by atoms with van der Waals surface area (Å²) in [6.07, 6.45) is 0. The first kappa shape index (κ1) is 38.6. The molecule has 1 heterocycles. The van der Waals surface area contributed by atoms with Gasteiger partial charge in [0.25, 0.3) is 0 Å². The number of hydrogen-bond donors (Lipinski definition) is 0. The Kier molecular flexibility index (Phi) is 7.95. The molecule has 16 rings (SSSR count). The molecule has 326 valence electrons. The van der Waals surface area contributed by atoms with Gasteiger partial charge in [0.1, 0.15) is 11.2 Å². The van der Waals surface area contributed by atoms with Crippen LogP contribution in [0.2, 0.25) is 0 Å². The third kappa shape index (κ3) is 5.75. The molecule has 1 aromatic heterocycles. The van der Waals surface area contributed by atoms with Gasteiger partial charge >= 0.3 is 0 Å². The van der Waals surface area contributed by atoms with Gasteiger partial charge in [-0.15, -0.1) is 0 Å². The minimum Gasteiger partial charge on any atom is -0.456 e. The Labute approximate surface area is 408 Å². The largest absolute Gasteiger partial charge is 0.456 e. The quantitative estimate of drug-likeness (QED) is 0.157. The maximum absolute atomic E-state index is 6.28. The molecule has 0 unspecified atom stereocenters. The van der Waals surface area contributed by atoms with E-state index in [0.29, 0.717) is 0 Å². The topological polar surface area (TPSA) is 13.1 Å². The van der Waals surface area contributed by atoms with Crippen LogP contribution in [-0.2, 0) is 0 Å². The van der Waals surface area contributed by atoms with Crippen molar-refractivity contribution < 1.29 is 4.42 Å². The molecule has 1 heteroatoms. The molecule has 16 aromatic rings. The Hall–Kier alpha value is -9.30. The van der Waals surface area contributed by atoms with Crippen LogP contribution in [-0.4, -0.2) is 0 Å². The van der Waals surface area contributed by atoms with Gasteiger partial charge in [0, 0.05) is 10.8 Å². The summed E-state index contributed by atoms with van der Waals surface area (Å²) >= 11 is 0. The summed E-state index contributed by atoms with van der Waals surface area (Å²) in [6, 6.07) is 90.7. The lowest BCUT2D eigenvalue weighted by Crippen LogP contribution is -1.92. The van der Waals surface area contributed by atoms with Crippen molar-refractivity contribution in [3.63, 3.8) is 0 Å². The van der Waals surface area contributed by atoms with Gasteiger partial charge in [0.05, 0.1) is 0 Å². The Morgan fingerprint density at radius 1 is 0.183 bits per heavy atom. The molecule has 0 spiro atoms. The van der Waals surface area contributed by atoms with Crippen LogP contribution in [0, 0.1) is 0 Å². The first-order valence-corrected chi connectivity index (χ1v) is 24.6. The molecule has 0 radical (unpaired) electrons. The van der Waals surface area contributed by atoms with E-state index in [4.69, 9.17) is 4.42 Å². The van der Waals surface area contributed by atoms with Gasteiger partial charge in [-0.25, -0.2) is 0 Å². The van der Waals surface area contributed by atoms with E-state index >= 15 is 0 Å². The van der Waals surface area contributed by atoms with E-state index in [2.05, 4.69) is 237 Å². The van der Waals surface area contributed by atoms with Crippen LogP contribution < -0.4 is 0 Å². The standard InChI is InChI=1S/C70H40O/c1-2-8-41(9-3-1)49-20-21-51-35-52(40-63(61(51)37-49)57-30-23-47-19-17-43-11-7-13-45-25-32-60(57)70(47)68(43)45)53-36-54-34-48(50-27-33-66-64(38-50)58-14-4-5-15-65(58)71-66)26-28-55(54)62(39-53)56-29-22-46-18-16-42-10-6-12-44-24-31-59(56)69(46)67(42)44/h1-40H. The number of rotatable bonds is 5. The highest BCUT2D eigenvalue weighted by Gasteiger charge is 2.20. The minimum atomic E-state index is 0.905. The number of para-hydroxylation sites is 1. The number of fused-ring (bicyclic) bond motifs is 5. The summed E-state index contributed by atoms with van der Waals surface area (Å²) in [4.78, 5) is 0. The maximum atomic E-state index is 6.28. The Balaban J connectivity index is 0.976. The second-order valence-corrected chi connectivity index (χ2v) is 19.5. The highest BCUT2D eigenvalue weighted by Crippen LogP contribution is 2.47. The van der Waals surface area contributed by atoms with E-state index in [-0.39, 0.29) is 0 Å². The van der Waals surface area contributed by atoms with Crippen LogP contribution >= 0.6 is 0 Å². The van der Waals surface area contributed by atoms with Crippen LogP contribution in [0.5, 0.6) is 0 Å². The third-order valence-electron chi connectivity index (χ3n) is 15.7. The predicted molar refractivity (Wildman–Crippen MR) is 303 cm³/mol. The van der Waals surface area contributed by atoms with Crippen molar-refractivity contribution in [1.82, 2.24) is 0 Å². The van der Waals surface area contributed by atoms with Gasteiger partial charge in [-0.1, -0.05) is 188 Å². The van der Waals surface area contributed by atoms with Gasteiger partial charge in [0.15, 0.2) is 0 Å². The van der Waals surface area contributed by atoms with Crippen molar-refractivity contribution in [3.8, 4) is 55.6 Å². The van der Waals surface area contributed by atoms with Crippen molar-refractivity contribution in [2.24, 2.45) is 0 Å². The van der Waals surface area contributed by atoms with Gasteiger partial charge in [-0.3, -0.25) is 0 Å². The number of benzene rings is 15. The van der Waals surface area contributed by atoms with Crippen molar-refractivity contribution in [2.45, 2.75) is 0 Å². The van der Waals surface area contributed by atoms with E-state index in [1.807, 2.05) is 6.07 Å². The lowest BCUT2D eigenvalue weighted by Gasteiger charge is -2.19. The zero-order chi connectivity index (χ0) is 46.3. The van der Waals surface area contributed by atoms with E-state index < -0.39 is 0 Å². The Bertz CT molecular complexity index is 4830. The van der Waals surface area contributed by atoms with E-state index in [9.17, 15) is 0 Å². The van der Waals surface area contributed by atoms with Crippen LogP contribution in [0.3, 0.4) is 0 Å². The monoisotopic (exact) mass is 896 g/mol. The first-order chi connectivity index (χ1) is 35.1. The fourth-order valence-electron chi connectivity index (χ4n) is 12.3. The summed E-state index contributed by atoms with van der Waals surface area (Å²) in [5.41, 5.74) is 13.9. The molecule has 0 saturated heterocycles. The van der Waals surface area contributed by atoms with Crippen molar-refractivity contribution in [3.05, 3.63) is 243 Å². The molecule has 0 aliphatic heterocycles. The van der Waals surface area contributed by atoms with Crippen molar-refractivity contribution >= 4 is 108 Å². The Morgan fingerprint density at radius 3 is 1.31 bits per heavy atom. The maximum Gasteiger partial charge on any atom is 0.135 e. The highest BCUT2D eigenvalue weighted by molar-refractivity contribution is 6.28. The summed E-state index contributed by atoms with van der Waals surface area (Å²) < 4.78 is 6.28. The fraction of sp³-hybridized carbons (Fsp3) is 0. The average molecular weight is 897 g/mol. The molecule has 0 aliphatic carbocycles. The Morgan fingerprint density at radius 2 is 0.634 bits per heavy atom. The summed E-state index contributed by atoms with van der Waals surface area (Å²) in [5.74, 6) is 0. The van der Waals surface area contributed by atoms with E-state index in [0.717, 1.165) is 27.5 Å². The summed E-state index contributed by atoms with van der Waals surface area (Å²) in [6.45, 7) is 0. The van der Waals surface area contributed by atoms with Gasteiger partial charge in [-0.05, 0) is 196 Å². The molecule has 0 aliphatic rings. The SMILES string of the molecule is c1ccc(-c2ccc3cc(-c4cc(-c5ccc6ccc7cccc8ccc5c6c78)c5ccc(-c6ccc7oc8ccccc8c7c6)cc5c4)cc(-c4ccc5ccc6cccc7ccc4c5c67)c3c2)cc1. The second-order valence-electron chi connectivity index (χ2n) is 19.5. The molecule has 0 bridgehead atoms. The molecule has 0 N–H and O–H groups in total. The van der Waals surface area contributed by atoms with Gasteiger partial charge in [0.2, 0.25) is 0 Å². The molecule has 0 amide bonds. The zero-order valence-electron chi connectivity index (χ0n) is 38.5. The van der Waals surface area contributed by atoms with Crippen molar-refractivity contribution in [1.29, 1.82) is 0 Å². The van der Waals surface area contributed by atoms with E-state index in [1.54, 1.807) is 0 Å². The third-order valence-corrected chi connectivity index (χ3v) is 15.7. The lowest BCUT2D eigenvalue weighted by atomic mass is 9.84. The van der Waals surface area contributed by atoms with Gasteiger partial charge in [-0.2, -0.15) is 0 Å². The van der Waals surface area contributed by atoms with Crippen LogP contribution in [0.1, 0.15) is 0 Å².